The Hall–Kier alpha value is -1.48. The highest BCUT2D eigenvalue weighted by atomic mass is 16.3. The third-order valence-electron chi connectivity index (χ3n) is 2.56. The predicted molar refractivity (Wildman–Crippen MR) is 66.8 cm³/mol. The summed E-state index contributed by atoms with van der Waals surface area (Å²) >= 11 is 0. The predicted octanol–water partition coefficient (Wildman–Crippen LogP) is 2.46. The first-order valence-electron chi connectivity index (χ1n) is 5.47. The van der Waals surface area contributed by atoms with Gasteiger partial charge in [-0.1, -0.05) is 12.1 Å². The average molecular weight is 221 g/mol. The monoisotopic (exact) mass is 221 g/mol. The Morgan fingerprint density at radius 3 is 2.62 bits per heavy atom. The van der Waals surface area contributed by atoms with Crippen molar-refractivity contribution in [2.24, 2.45) is 0 Å². The molecule has 1 atom stereocenters. The van der Waals surface area contributed by atoms with Gasteiger partial charge in [0, 0.05) is 30.4 Å². The van der Waals surface area contributed by atoms with Gasteiger partial charge < -0.3 is 15.1 Å². The quantitative estimate of drug-likeness (QED) is 0.751. The van der Waals surface area contributed by atoms with Crippen LogP contribution in [0.5, 0.6) is 5.75 Å². The van der Waals surface area contributed by atoms with Crippen molar-refractivity contribution in [2.45, 2.75) is 20.0 Å². The molecule has 88 valence electrons. The molecule has 0 aliphatic heterocycles. The van der Waals surface area contributed by atoms with Gasteiger partial charge in [-0.15, -0.1) is 6.58 Å². The molecule has 1 aromatic rings. The smallest absolute Gasteiger partial charge is 0.123 e. The van der Waals surface area contributed by atoms with Gasteiger partial charge >= 0.3 is 0 Å². The number of hydrogen-bond acceptors (Lipinski definition) is 3. The molecule has 16 heavy (non-hydrogen) atoms. The fourth-order valence-corrected chi connectivity index (χ4v) is 1.65. The lowest BCUT2D eigenvalue weighted by Gasteiger charge is -2.22. The number of aliphatic hydroxyl groups is 1. The number of aliphatic hydroxyl groups excluding tert-OH is 1. The maximum atomic E-state index is 9.76. The van der Waals surface area contributed by atoms with Crippen LogP contribution in [-0.2, 0) is 0 Å². The van der Waals surface area contributed by atoms with Gasteiger partial charge in [-0.3, -0.25) is 0 Å². The van der Waals surface area contributed by atoms with E-state index in [1.165, 1.54) is 0 Å². The van der Waals surface area contributed by atoms with Crippen LogP contribution in [0.4, 0.5) is 5.69 Å². The van der Waals surface area contributed by atoms with Crippen LogP contribution in [0.1, 0.15) is 25.5 Å². The standard InChI is InChI=1S/C13H19NO2/c1-4-8-14(5-2)11-6-7-12(10(3)15)13(16)9-11/h4,6-7,9-10,15-16H,1,5,8H2,2-3H3. The molecule has 0 aromatic heterocycles. The van der Waals surface area contributed by atoms with Gasteiger partial charge in [0.15, 0.2) is 0 Å². The first-order chi connectivity index (χ1) is 7.60. The Labute approximate surface area is 96.6 Å². The zero-order chi connectivity index (χ0) is 12.1. The van der Waals surface area contributed by atoms with Crippen molar-refractivity contribution in [3.8, 4) is 5.75 Å². The van der Waals surface area contributed by atoms with Gasteiger partial charge in [-0.2, -0.15) is 0 Å². The fourth-order valence-electron chi connectivity index (χ4n) is 1.65. The molecule has 2 N–H and O–H groups in total. The number of phenols is 1. The molecule has 0 aliphatic rings. The van der Waals surface area contributed by atoms with Gasteiger partial charge in [-0.05, 0) is 19.9 Å². The van der Waals surface area contributed by atoms with Gasteiger partial charge in [0.2, 0.25) is 0 Å². The van der Waals surface area contributed by atoms with Crippen molar-refractivity contribution in [3.05, 3.63) is 36.4 Å². The molecular formula is C13H19NO2. The minimum Gasteiger partial charge on any atom is -0.507 e. The van der Waals surface area contributed by atoms with Crippen LogP contribution in [0.15, 0.2) is 30.9 Å². The molecular weight excluding hydrogens is 202 g/mol. The highest BCUT2D eigenvalue weighted by molar-refractivity contribution is 5.54. The SMILES string of the molecule is C=CCN(CC)c1ccc(C(C)O)c(O)c1. The van der Waals surface area contributed by atoms with E-state index in [1.807, 2.05) is 19.1 Å². The van der Waals surface area contributed by atoms with Crippen LogP contribution in [0.25, 0.3) is 0 Å². The maximum Gasteiger partial charge on any atom is 0.123 e. The van der Waals surface area contributed by atoms with E-state index in [-0.39, 0.29) is 5.75 Å². The topological polar surface area (TPSA) is 43.7 Å². The number of rotatable bonds is 5. The van der Waals surface area contributed by atoms with Crippen LogP contribution in [0.3, 0.4) is 0 Å². The first-order valence-corrected chi connectivity index (χ1v) is 5.47. The number of nitrogens with zero attached hydrogens (tertiary/aromatic N) is 1. The van der Waals surface area contributed by atoms with Crippen molar-refractivity contribution in [2.75, 3.05) is 18.0 Å². The van der Waals surface area contributed by atoms with E-state index in [9.17, 15) is 10.2 Å². The third-order valence-corrected chi connectivity index (χ3v) is 2.56. The van der Waals surface area contributed by atoms with Crippen molar-refractivity contribution < 1.29 is 10.2 Å². The number of aromatic hydroxyl groups is 1. The largest absolute Gasteiger partial charge is 0.507 e. The number of likely N-dealkylation sites (N-methyl/N-ethyl adjacent to an activating group) is 1. The maximum absolute atomic E-state index is 9.76. The van der Waals surface area contributed by atoms with Crippen molar-refractivity contribution in [1.82, 2.24) is 0 Å². The van der Waals surface area contributed by atoms with Crippen LogP contribution in [0.2, 0.25) is 0 Å². The summed E-state index contributed by atoms with van der Waals surface area (Å²) in [6.07, 6.45) is 1.17. The van der Waals surface area contributed by atoms with Crippen LogP contribution in [0, 0.1) is 0 Å². The van der Waals surface area contributed by atoms with E-state index in [0.29, 0.717) is 5.56 Å². The van der Waals surface area contributed by atoms with Gasteiger partial charge in [0.1, 0.15) is 5.75 Å². The Kier molecular flexibility index (Phi) is 4.38. The summed E-state index contributed by atoms with van der Waals surface area (Å²) < 4.78 is 0. The molecule has 0 bridgehead atoms. The van der Waals surface area contributed by atoms with Crippen molar-refractivity contribution in [1.29, 1.82) is 0 Å². The zero-order valence-electron chi connectivity index (χ0n) is 9.85. The minimum absolute atomic E-state index is 0.134. The molecule has 3 nitrogen and oxygen atoms in total. The van der Waals surface area contributed by atoms with Crippen LogP contribution in [-0.4, -0.2) is 23.3 Å². The second kappa shape index (κ2) is 5.56. The number of phenolic OH excluding ortho intramolecular Hbond substituents is 1. The van der Waals surface area contributed by atoms with E-state index < -0.39 is 6.10 Å². The number of anilines is 1. The highest BCUT2D eigenvalue weighted by Crippen LogP contribution is 2.28. The molecule has 0 aliphatic carbocycles. The molecule has 1 rings (SSSR count). The number of hydrogen-bond donors (Lipinski definition) is 2. The summed E-state index contributed by atoms with van der Waals surface area (Å²) in [7, 11) is 0. The van der Waals surface area contributed by atoms with Gasteiger partial charge in [-0.25, -0.2) is 0 Å². The Bertz CT molecular complexity index is 361. The van der Waals surface area contributed by atoms with E-state index in [4.69, 9.17) is 0 Å². The van der Waals surface area contributed by atoms with Crippen LogP contribution >= 0.6 is 0 Å². The summed E-state index contributed by atoms with van der Waals surface area (Å²) in [6, 6.07) is 5.32. The molecule has 1 unspecified atom stereocenters. The van der Waals surface area contributed by atoms with E-state index in [2.05, 4.69) is 11.5 Å². The van der Waals surface area contributed by atoms with Crippen molar-refractivity contribution >= 4 is 5.69 Å². The minimum atomic E-state index is -0.650. The molecule has 0 saturated heterocycles. The highest BCUT2D eigenvalue weighted by Gasteiger charge is 2.10. The normalized spacial score (nSPS) is 12.2. The summed E-state index contributed by atoms with van der Waals surface area (Å²) in [6.45, 7) is 8.96. The molecule has 0 spiro atoms. The summed E-state index contributed by atoms with van der Waals surface area (Å²) in [4.78, 5) is 2.08. The molecule has 3 heteroatoms. The Morgan fingerprint density at radius 2 is 2.19 bits per heavy atom. The lowest BCUT2D eigenvalue weighted by Crippen LogP contribution is -2.22. The molecule has 0 heterocycles. The second-order valence-electron chi connectivity index (χ2n) is 3.75. The Morgan fingerprint density at radius 1 is 1.50 bits per heavy atom. The molecule has 0 fully saturated rings. The van der Waals surface area contributed by atoms with Gasteiger partial charge in [0.05, 0.1) is 6.10 Å². The molecule has 0 amide bonds. The van der Waals surface area contributed by atoms with Gasteiger partial charge in [0.25, 0.3) is 0 Å². The van der Waals surface area contributed by atoms with E-state index in [0.717, 1.165) is 18.8 Å². The fraction of sp³-hybridized carbons (Fsp3) is 0.385. The summed E-state index contributed by atoms with van der Waals surface area (Å²) in [5, 5.41) is 19.2. The third kappa shape index (κ3) is 2.76. The van der Waals surface area contributed by atoms with Crippen molar-refractivity contribution in [3.63, 3.8) is 0 Å². The summed E-state index contributed by atoms with van der Waals surface area (Å²) in [5.74, 6) is 0.134. The lowest BCUT2D eigenvalue weighted by molar-refractivity contribution is 0.195. The molecule has 0 saturated carbocycles. The Balaban J connectivity index is 2.99. The zero-order valence-corrected chi connectivity index (χ0v) is 9.85. The molecule has 1 aromatic carbocycles. The summed E-state index contributed by atoms with van der Waals surface area (Å²) in [5.41, 5.74) is 1.49. The second-order valence-corrected chi connectivity index (χ2v) is 3.75. The van der Waals surface area contributed by atoms with Crippen LogP contribution < -0.4 is 4.90 Å². The average Bonchev–Trinajstić information content (AvgIpc) is 2.25. The first kappa shape index (κ1) is 12.6. The van der Waals surface area contributed by atoms with E-state index in [1.54, 1.807) is 19.1 Å². The molecule has 0 radical (unpaired) electrons. The van der Waals surface area contributed by atoms with E-state index >= 15 is 0 Å². The lowest BCUT2D eigenvalue weighted by atomic mass is 10.1. The number of benzene rings is 1.